The van der Waals surface area contributed by atoms with E-state index in [1.165, 1.54) is 0 Å². The molecular weight excluding hydrogens is 453 g/mol. The number of nitrogens with one attached hydrogen (secondary N) is 2. The number of hydroxylamine groups is 2. The predicted molar refractivity (Wildman–Crippen MR) is 122 cm³/mol. The summed E-state index contributed by atoms with van der Waals surface area (Å²) in [7, 11) is 2.02. The maximum absolute atomic E-state index is 15.3. The highest BCUT2D eigenvalue weighted by Crippen LogP contribution is 2.31. The van der Waals surface area contributed by atoms with E-state index in [4.69, 9.17) is 11.6 Å². The van der Waals surface area contributed by atoms with Crippen LogP contribution in [0.1, 0.15) is 46.0 Å². The molecule has 1 aromatic rings. The Morgan fingerprint density at radius 3 is 2.70 bits per heavy atom. The van der Waals surface area contributed by atoms with Crippen LogP contribution in [-0.4, -0.2) is 76.2 Å². The lowest BCUT2D eigenvalue weighted by Crippen LogP contribution is -2.58. The van der Waals surface area contributed by atoms with Gasteiger partial charge in [-0.15, -0.1) is 0 Å². The molecule has 0 spiro atoms. The molecule has 1 aliphatic heterocycles. The second-order valence-electron chi connectivity index (χ2n) is 9.56. The third kappa shape index (κ3) is 6.42. The molecule has 33 heavy (non-hydrogen) atoms. The number of aromatic nitrogens is 2. The summed E-state index contributed by atoms with van der Waals surface area (Å²) in [6.07, 6.45) is 4.99. The molecule has 0 aromatic carbocycles. The van der Waals surface area contributed by atoms with Crippen LogP contribution in [0.3, 0.4) is 0 Å². The number of nitrogens with zero attached hydrogens (tertiary/aromatic N) is 5. The smallest absolute Gasteiger partial charge is 0.243 e. The van der Waals surface area contributed by atoms with E-state index in [9.17, 15) is 14.8 Å². The molecule has 1 atom stereocenters. The van der Waals surface area contributed by atoms with E-state index in [1.807, 2.05) is 11.9 Å². The minimum atomic E-state index is -0.718. The van der Waals surface area contributed by atoms with Gasteiger partial charge < -0.3 is 4.90 Å². The van der Waals surface area contributed by atoms with E-state index in [1.54, 1.807) is 0 Å². The predicted octanol–water partition coefficient (Wildman–Crippen LogP) is 2.29. The van der Waals surface area contributed by atoms with Crippen LogP contribution in [0.2, 0.25) is 5.28 Å². The summed E-state index contributed by atoms with van der Waals surface area (Å²) in [6.45, 7) is 5.81. The maximum atomic E-state index is 15.3. The Morgan fingerprint density at radius 1 is 1.36 bits per heavy atom. The molecule has 2 amide bonds. The molecule has 3 N–H and O–H groups in total. The van der Waals surface area contributed by atoms with Crippen molar-refractivity contribution in [1.82, 2.24) is 25.4 Å². The number of carbonyl (C=O) groups excluding carboxylic acids is 2. The number of rotatable bonds is 9. The van der Waals surface area contributed by atoms with Gasteiger partial charge in [0.05, 0.1) is 12.5 Å². The van der Waals surface area contributed by atoms with Crippen LogP contribution in [0.4, 0.5) is 16.0 Å². The van der Waals surface area contributed by atoms with Crippen molar-refractivity contribution in [2.45, 2.75) is 51.5 Å². The lowest BCUT2D eigenvalue weighted by atomic mass is 9.92. The van der Waals surface area contributed by atoms with Crippen molar-refractivity contribution in [3.8, 4) is 0 Å². The minimum absolute atomic E-state index is 0.0675. The Bertz CT molecular complexity index is 853. The summed E-state index contributed by atoms with van der Waals surface area (Å²) >= 11 is 6.06. The summed E-state index contributed by atoms with van der Waals surface area (Å²) in [6, 6.07) is 0. The largest absolute Gasteiger partial charge is 0.351 e. The number of halogens is 2. The molecule has 1 saturated heterocycles. The zero-order chi connectivity index (χ0) is 24.2. The highest BCUT2D eigenvalue weighted by molar-refractivity contribution is 6.28. The van der Waals surface area contributed by atoms with Gasteiger partial charge in [-0.1, -0.05) is 25.7 Å². The number of piperazine rings is 1. The Hall–Kier alpha value is -2.24. The quantitative estimate of drug-likeness (QED) is 0.211. The number of hydrogen-bond acceptors (Lipinski definition) is 8. The minimum Gasteiger partial charge on any atom is -0.351 e. The van der Waals surface area contributed by atoms with Crippen LogP contribution >= 0.6 is 11.6 Å². The van der Waals surface area contributed by atoms with Crippen molar-refractivity contribution >= 4 is 35.6 Å². The van der Waals surface area contributed by atoms with Crippen LogP contribution in [-0.2, 0) is 9.59 Å². The molecule has 0 unspecified atom stereocenters. The third-order valence-electron chi connectivity index (χ3n) is 6.72. The molecule has 3 rings (SSSR count). The van der Waals surface area contributed by atoms with Gasteiger partial charge in [0, 0.05) is 25.2 Å². The monoisotopic (exact) mass is 485 g/mol. The molecule has 0 radical (unpaired) electrons. The van der Waals surface area contributed by atoms with Gasteiger partial charge in [0.25, 0.3) is 0 Å². The Balaban J connectivity index is 1.71. The van der Waals surface area contributed by atoms with Gasteiger partial charge in [-0.2, -0.15) is 14.4 Å². The third-order valence-corrected chi connectivity index (χ3v) is 6.89. The summed E-state index contributed by atoms with van der Waals surface area (Å²) in [4.78, 5) is 35.7. The molecule has 12 heteroatoms. The van der Waals surface area contributed by atoms with Crippen molar-refractivity contribution < 1.29 is 19.2 Å². The van der Waals surface area contributed by atoms with Crippen LogP contribution in [0.25, 0.3) is 0 Å². The van der Waals surface area contributed by atoms with Crippen LogP contribution < -0.4 is 15.8 Å². The highest BCUT2D eigenvalue weighted by atomic mass is 35.5. The molecule has 184 valence electrons. The van der Waals surface area contributed by atoms with Crippen molar-refractivity contribution in [2.24, 2.45) is 11.8 Å². The van der Waals surface area contributed by atoms with Gasteiger partial charge in [0.1, 0.15) is 0 Å². The molecule has 1 aliphatic carbocycles. The Kier molecular flexibility index (Phi) is 8.30. The highest BCUT2D eigenvalue weighted by Gasteiger charge is 2.34. The fourth-order valence-electron chi connectivity index (χ4n) is 4.53. The number of anilines is 2. The Labute approximate surface area is 198 Å². The zero-order valence-electron chi connectivity index (χ0n) is 19.4. The standard InChI is InChI=1S/C21H33ClFN7O3/c1-21(2)12-29(9-8-28(21)3)18-16(23)17(24-20(22)25-18)26-27-19(32)15(11-30(33)13-31)10-14-6-4-5-7-14/h13-15,33H,4-12H2,1-3H3,(H,27,32)(H,24,25,26)/t15-/m0/s1. The van der Waals surface area contributed by atoms with E-state index < -0.39 is 17.6 Å². The van der Waals surface area contributed by atoms with Crippen LogP contribution in [0, 0.1) is 17.7 Å². The lowest BCUT2D eigenvalue weighted by molar-refractivity contribution is -0.154. The molecular formula is C21H33ClFN7O3. The summed E-state index contributed by atoms with van der Waals surface area (Å²) in [5, 5.41) is 9.92. The molecule has 2 aliphatic rings. The zero-order valence-corrected chi connectivity index (χ0v) is 20.1. The number of carbonyl (C=O) groups is 2. The summed E-state index contributed by atoms with van der Waals surface area (Å²) in [5.41, 5.74) is 4.80. The summed E-state index contributed by atoms with van der Waals surface area (Å²) in [5.74, 6) is -1.68. The van der Waals surface area contributed by atoms with E-state index in [2.05, 4.69) is 39.6 Å². The summed E-state index contributed by atoms with van der Waals surface area (Å²) < 4.78 is 15.3. The van der Waals surface area contributed by atoms with E-state index in [-0.39, 0.29) is 35.4 Å². The first kappa shape index (κ1) is 25.4. The second kappa shape index (κ2) is 10.8. The molecule has 2 heterocycles. The first-order chi connectivity index (χ1) is 15.6. The van der Waals surface area contributed by atoms with Gasteiger partial charge in [0.15, 0.2) is 11.6 Å². The van der Waals surface area contributed by atoms with Crippen molar-refractivity contribution in [3.05, 3.63) is 11.1 Å². The van der Waals surface area contributed by atoms with Gasteiger partial charge in [0.2, 0.25) is 23.4 Å². The van der Waals surface area contributed by atoms with Gasteiger partial charge in [-0.25, -0.2) is 5.06 Å². The topological polar surface area (TPSA) is 114 Å². The number of hydrazine groups is 1. The van der Waals surface area contributed by atoms with Crippen molar-refractivity contribution in [2.75, 3.05) is 43.6 Å². The van der Waals surface area contributed by atoms with Gasteiger partial charge in [-0.05, 0) is 44.8 Å². The van der Waals surface area contributed by atoms with Gasteiger partial charge >= 0.3 is 0 Å². The molecule has 1 aromatic heterocycles. The van der Waals surface area contributed by atoms with E-state index in [0.29, 0.717) is 30.5 Å². The Morgan fingerprint density at radius 2 is 2.06 bits per heavy atom. The van der Waals surface area contributed by atoms with Crippen molar-refractivity contribution in [1.29, 1.82) is 0 Å². The van der Waals surface area contributed by atoms with Crippen molar-refractivity contribution in [3.63, 3.8) is 0 Å². The average molecular weight is 486 g/mol. The maximum Gasteiger partial charge on any atom is 0.243 e. The molecule has 2 fully saturated rings. The number of amides is 2. The first-order valence-electron chi connectivity index (χ1n) is 11.3. The first-order valence-corrected chi connectivity index (χ1v) is 11.6. The fraction of sp³-hybridized carbons (Fsp3) is 0.714. The van der Waals surface area contributed by atoms with Crippen LogP contribution in [0.5, 0.6) is 0 Å². The number of likely N-dealkylation sites (N-methyl/N-ethyl adjacent to an activating group) is 1. The fourth-order valence-corrected chi connectivity index (χ4v) is 4.69. The van der Waals surface area contributed by atoms with Crippen LogP contribution in [0.15, 0.2) is 0 Å². The molecule has 1 saturated carbocycles. The lowest BCUT2D eigenvalue weighted by Gasteiger charge is -2.45. The molecule has 10 nitrogen and oxygen atoms in total. The van der Waals surface area contributed by atoms with E-state index >= 15 is 4.39 Å². The molecule has 0 bridgehead atoms. The van der Waals surface area contributed by atoms with Gasteiger partial charge in [-0.3, -0.25) is 30.5 Å². The normalized spacial score (nSPS) is 19.9. The average Bonchev–Trinajstić information content (AvgIpc) is 3.28. The SMILES string of the molecule is CN1CCN(c2nc(Cl)nc(NNC(=O)[C@@H](CC3CCCC3)CN(O)C=O)c2F)CC1(C)C. The second-order valence-corrected chi connectivity index (χ2v) is 9.90. The van der Waals surface area contributed by atoms with E-state index in [0.717, 1.165) is 32.2 Å². The number of hydrogen-bond donors (Lipinski definition) is 3.